The van der Waals surface area contributed by atoms with Crippen LogP contribution in [0.15, 0.2) is 17.5 Å². The van der Waals surface area contributed by atoms with E-state index >= 15 is 0 Å². The Balaban J connectivity index is 1.34. The molecule has 0 radical (unpaired) electrons. The molecule has 1 aliphatic carbocycles. The molecule has 24 heavy (non-hydrogen) atoms. The van der Waals surface area contributed by atoms with Crippen LogP contribution >= 0.6 is 11.3 Å². The Morgan fingerprint density at radius 2 is 2.12 bits per heavy atom. The van der Waals surface area contributed by atoms with Crippen LogP contribution in [0.3, 0.4) is 0 Å². The van der Waals surface area contributed by atoms with Crippen molar-refractivity contribution in [2.24, 2.45) is 17.3 Å². The number of nitrogens with zero attached hydrogens (tertiary/aromatic N) is 1. The summed E-state index contributed by atoms with van der Waals surface area (Å²) in [6.07, 6.45) is 5.97. The summed E-state index contributed by atoms with van der Waals surface area (Å²) in [6.45, 7) is 5.18. The number of carbonyl (C=O) groups is 1. The second-order valence-corrected chi connectivity index (χ2v) is 8.58. The van der Waals surface area contributed by atoms with E-state index in [1.165, 1.54) is 12.8 Å². The molecule has 5 heteroatoms. The molecule has 1 amide bonds. The number of hydrogen-bond acceptors (Lipinski definition) is 4. The highest BCUT2D eigenvalue weighted by Crippen LogP contribution is 2.45. The lowest BCUT2D eigenvalue weighted by Gasteiger charge is -2.49. The van der Waals surface area contributed by atoms with Crippen LogP contribution in [-0.2, 0) is 9.47 Å². The Morgan fingerprint density at radius 3 is 2.83 bits per heavy atom. The van der Waals surface area contributed by atoms with Gasteiger partial charge in [-0.15, -0.1) is 11.3 Å². The number of likely N-dealkylation sites (tertiary alicyclic amines) is 1. The van der Waals surface area contributed by atoms with Crippen molar-refractivity contribution < 1.29 is 14.3 Å². The number of thiophene rings is 1. The molecule has 3 heterocycles. The summed E-state index contributed by atoms with van der Waals surface area (Å²) in [7, 11) is 0. The maximum Gasteiger partial charge on any atom is 0.263 e. The summed E-state index contributed by atoms with van der Waals surface area (Å²) in [6, 6.07) is 3.88. The number of amides is 1. The maximum atomic E-state index is 12.6. The average molecular weight is 349 g/mol. The van der Waals surface area contributed by atoms with Gasteiger partial charge in [-0.25, -0.2) is 0 Å². The first-order chi connectivity index (χ1) is 11.8. The predicted octanol–water partition coefficient (Wildman–Crippen LogP) is 3.43. The molecule has 4 rings (SSSR count). The van der Waals surface area contributed by atoms with Gasteiger partial charge in [-0.05, 0) is 54.9 Å². The van der Waals surface area contributed by atoms with Crippen LogP contribution in [-0.4, -0.2) is 50.3 Å². The van der Waals surface area contributed by atoms with Gasteiger partial charge in [0.05, 0.1) is 18.1 Å². The highest BCUT2D eigenvalue weighted by Gasteiger charge is 2.44. The molecule has 1 aromatic rings. The van der Waals surface area contributed by atoms with Gasteiger partial charge >= 0.3 is 0 Å². The van der Waals surface area contributed by atoms with Crippen molar-refractivity contribution in [1.82, 2.24) is 4.90 Å². The zero-order chi connectivity index (χ0) is 16.4. The van der Waals surface area contributed by atoms with Crippen molar-refractivity contribution in [3.63, 3.8) is 0 Å². The van der Waals surface area contributed by atoms with Crippen molar-refractivity contribution in [2.45, 2.75) is 32.1 Å². The summed E-state index contributed by atoms with van der Waals surface area (Å²) >= 11 is 1.54. The van der Waals surface area contributed by atoms with E-state index in [2.05, 4.69) is 0 Å². The van der Waals surface area contributed by atoms with Gasteiger partial charge in [-0.1, -0.05) is 6.07 Å². The summed E-state index contributed by atoms with van der Waals surface area (Å²) in [4.78, 5) is 15.5. The number of hydrogen-bond donors (Lipinski definition) is 0. The van der Waals surface area contributed by atoms with Gasteiger partial charge in [0.25, 0.3) is 5.91 Å². The van der Waals surface area contributed by atoms with E-state index in [9.17, 15) is 4.79 Å². The van der Waals surface area contributed by atoms with Crippen molar-refractivity contribution in [3.05, 3.63) is 22.4 Å². The summed E-state index contributed by atoms with van der Waals surface area (Å²) in [5.41, 5.74) is 0.314. The zero-order valence-corrected chi connectivity index (χ0v) is 15.1. The van der Waals surface area contributed by atoms with Crippen molar-refractivity contribution in [1.29, 1.82) is 0 Å². The van der Waals surface area contributed by atoms with Crippen molar-refractivity contribution in [3.8, 4) is 0 Å². The zero-order valence-electron chi connectivity index (χ0n) is 14.2. The largest absolute Gasteiger partial charge is 0.381 e. The Morgan fingerprint density at radius 1 is 1.29 bits per heavy atom. The molecular weight excluding hydrogens is 322 g/mol. The first-order valence-electron chi connectivity index (χ1n) is 9.25. The van der Waals surface area contributed by atoms with E-state index in [1.54, 1.807) is 11.3 Å². The molecule has 0 unspecified atom stereocenters. The van der Waals surface area contributed by atoms with Crippen molar-refractivity contribution >= 4 is 17.2 Å². The fraction of sp³-hybridized carbons (Fsp3) is 0.737. The molecule has 1 aromatic heterocycles. The third-order valence-corrected chi connectivity index (χ3v) is 6.94. The van der Waals surface area contributed by atoms with E-state index < -0.39 is 0 Å². The topological polar surface area (TPSA) is 38.8 Å². The smallest absolute Gasteiger partial charge is 0.263 e. The van der Waals surface area contributed by atoms with E-state index in [0.29, 0.717) is 11.3 Å². The van der Waals surface area contributed by atoms with E-state index in [0.717, 1.165) is 69.6 Å². The molecule has 1 spiro atoms. The minimum atomic E-state index is 0.202. The second-order valence-electron chi connectivity index (χ2n) is 7.63. The van der Waals surface area contributed by atoms with Gasteiger partial charge in [0.2, 0.25) is 0 Å². The molecule has 3 fully saturated rings. The fourth-order valence-corrected chi connectivity index (χ4v) is 4.83. The van der Waals surface area contributed by atoms with Crippen LogP contribution in [0.5, 0.6) is 0 Å². The Bertz CT molecular complexity index is 547. The Kier molecular flexibility index (Phi) is 4.93. The number of rotatable bonds is 5. The fourth-order valence-electron chi connectivity index (χ4n) is 4.14. The highest BCUT2D eigenvalue weighted by atomic mass is 32.1. The molecule has 0 bridgehead atoms. The maximum absolute atomic E-state index is 12.6. The van der Waals surface area contributed by atoms with Gasteiger partial charge in [-0.2, -0.15) is 0 Å². The lowest BCUT2D eigenvalue weighted by Crippen LogP contribution is -2.50. The highest BCUT2D eigenvalue weighted by molar-refractivity contribution is 7.12. The van der Waals surface area contributed by atoms with Crippen LogP contribution in [0.4, 0.5) is 0 Å². The SMILES string of the molecule is O=C(c1cccs1)N1CCC2(CCOC[C@H]2COCC2CC2)CC1. The molecule has 2 aliphatic heterocycles. The molecule has 1 saturated carbocycles. The van der Waals surface area contributed by atoms with Crippen LogP contribution in [0.2, 0.25) is 0 Å². The second kappa shape index (κ2) is 7.14. The summed E-state index contributed by atoms with van der Waals surface area (Å²) < 4.78 is 11.8. The molecule has 1 atom stereocenters. The van der Waals surface area contributed by atoms with Gasteiger partial charge in [0.1, 0.15) is 0 Å². The van der Waals surface area contributed by atoms with Crippen LogP contribution in [0.1, 0.15) is 41.8 Å². The molecule has 2 saturated heterocycles. The van der Waals surface area contributed by atoms with Gasteiger partial charge in [0, 0.05) is 32.2 Å². The lowest BCUT2D eigenvalue weighted by molar-refractivity contribution is -0.0975. The minimum absolute atomic E-state index is 0.202. The lowest BCUT2D eigenvalue weighted by atomic mass is 9.66. The van der Waals surface area contributed by atoms with E-state index in [-0.39, 0.29) is 5.91 Å². The van der Waals surface area contributed by atoms with Crippen LogP contribution < -0.4 is 0 Å². The standard InChI is InChI=1S/C19H27NO3S/c21-18(17-2-1-11-24-17)20-8-5-19(6-9-20)7-10-22-13-16(19)14-23-12-15-3-4-15/h1-2,11,15-16H,3-10,12-14H2/t16-/m0/s1. The van der Waals surface area contributed by atoms with Gasteiger partial charge in [0.15, 0.2) is 0 Å². The number of ether oxygens (including phenoxy) is 2. The third-order valence-electron chi connectivity index (χ3n) is 6.08. The normalized spacial score (nSPS) is 26.7. The summed E-state index contributed by atoms with van der Waals surface area (Å²) in [5, 5.41) is 1.98. The first-order valence-corrected chi connectivity index (χ1v) is 10.1. The van der Waals surface area contributed by atoms with Gasteiger partial charge in [-0.3, -0.25) is 4.79 Å². The predicted molar refractivity (Wildman–Crippen MR) is 94.4 cm³/mol. The van der Waals surface area contributed by atoms with E-state index in [1.807, 2.05) is 22.4 Å². The number of carbonyl (C=O) groups excluding carboxylic acids is 1. The van der Waals surface area contributed by atoms with Crippen molar-refractivity contribution in [2.75, 3.05) is 39.5 Å². The molecule has 0 N–H and O–H groups in total. The molecule has 3 aliphatic rings. The minimum Gasteiger partial charge on any atom is -0.381 e. The quantitative estimate of drug-likeness (QED) is 0.817. The van der Waals surface area contributed by atoms with Gasteiger partial charge < -0.3 is 14.4 Å². The van der Waals surface area contributed by atoms with E-state index in [4.69, 9.17) is 9.47 Å². The average Bonchev–Trinajstić information content (AvgIpc) is 3.27. The number of piperidine rings is 1. The molecular formula is C19H27NO3S. The molecule has 132 valence electrons. The first kappa shape index (κ1) is 16.6. The van der Waals surface area contributed by atoms with Crippen LogP contribution in [0, 0.1) is 17.3 Å². The Labute approximate surface area is 148 Å². The third kappa shape index (κ3) is 3.53. The summed E-state index contributed by atoms with van der Waals surface area (Å²) in [5.74, 6) is 1.51. The van der Waals surface area contributed by atoms with Crippen LogP contribution in [0.25, 0.3) is 0 Å². The Hall–Kier alpha value is -0.910. The molecule has 4 nitrogen and oxygen atoms in total. The monoisotopic (exact) mass is 349 g/mol. The molecule has 0 aromatic carbocycles.